The maximum Gasteiger partial charge on any atom is 0.137 e. The van der Waals surface area contributed by atoms with Gasteiger partial charge in [-0.2, -0.15) is 0 Å². The molecule has 0 amide bonds. The molecular formula is C46H32N6. The van der Waals surface area contributed by atoms with Crippen LogP contribution in [0.5, 0.6) is 0 Å². The van der Waals surface area contributed by atoms with Gasteiger partial charge in [0.15, 0.2) is 0 Å². The Morgan fingerprint density at radius 2 is 1.02 bits per heavy atom. The van der Waals surface area contributed by atoms with Crippen molar-refractivity contribution in [3.05, 3.63) is 195 Å². The number of nitrogens with zero attached hydrogens (tertiary/aromatic N) is 6. The van der Waals surface area contributed by atoms with Crippen molar-refractivity contribution < 1.29 is 0 Å². The monoisotopic (exact) mass is 668 g/mol. The average molecular weight is 669 g/mol. The number of benzene rings is 4. The average Bonchev–Trinajstić information content (AvgIpc) is 3.57. The van der Waals surface area contributed by atoms with Crippen molar-refractivity contribution >= 4 is 28.0 Å². The number of rotatable bonds is 8. The molecule has 0 saturated heterocycles. The van der Waals surface area contributed by atoms with Crippen molar-refractivity contribution in [3.8, 4) is 50.8 Å². The molecule has 0 radical (unpaired) electrons. The number of pyridine rings is 4. The SMILES string of the molecule is c1ccc(-c2ccnc(-c3cccc(N(c4ccccc4)c4ccc5c(-c6ccccn6)c(-c6ccccn6)n(-c6ccccn6)c5c4)c3)c2)cc1. The minimum atomic E-state index is 0.796. The fourth-order valence-electron chi connectivity index (χ4n) is 6.88. The van der Waals surface area contributed by atoms with Crippen LogP contribution in [-0.2, 0) is 0 Å². The molecule has 5 aromatic heterocycles. The molecule has 0 aliphatic carbocycles. The third-order valence-corrected chi connectivity index (χ3v) is 9.20. The number of para-hydroxylation sites is 1. The van der Waals surface area contributed by atoms with Gasteiger partial charge in [-0.25, -0.2) is 4.98 Å². The molecule has 246 valence electrons. The smallest absolute Gasteiger partial charge is 0.137 e. The predicted molar refractivity (Wildman–Crippen MR) is 211 cm³/mol. The van der Waals surface area contributed by atoms with Crippen molar-refractivity contribution in [1.29, 1.82) is 0 Å². The molecule has 0 N–H and O–H groups in total. The fraction of sp³-hybridized carbons (Fsp3) is 0. The van der Waals surface area contributed by atoms with Gasteiger partial charge in [-0.1, -0.05) is 84.9 Å². The van der Waals surface area contributed by atoms with Crippen LogP contribution in [0.2, 0.25) is 0 Å². The first-order valence-corrected chi connectivity index (χ1v) is 17.2. The van der Waals surface area contributed by atoms with Crippen molar-refractivity contribution in [3.63, 3.8) is 0 Å². The molecule has 0 aliphatic rings. The highest BCUT2D eigenvalue weighted by Gasteiger charge is 2.25. The van der Waals surface area contributed by atoms with Crippen molar-refractivity contribution in [2.45, 2.75) is 0 Å². The normalized spacial score (nSPS) is 11.1. The fourth-order valence-corrected chi connectivity index (χ4v) is 6.88. The topological polar surface area (TPSA) is 59.7 Å². The summed E-state index contributed by atoms with van der Waals surface area (Å²) in [5.41, 5.74) is 11.9. The van der Waals surface area contributed by atoms with E-state index in [9.17, 15) is 0 Å². The highest BCUT2D eigenvalue weighted by Crippen LogP contribution is 2.44. The largest absolute Gasteiger partial charge is 0.310 e. The number of hydrogen-bond donors (Lipinski definition) is 0. The second-order valence-corrected chi connectivity index (χ2v) is 12.4. The van der Waals surface area contributed by atoms with E-state index in [0.29, 0.717) is 0 Å². The number of fused-ring (bicyclic) bond motifs is 1. The Bertz CT molecular complexity index is 2610. The standard InChI is InChI=1S/C46H32N6/c1-3-14-33(15-4-1)34-25-29-49-42(31-34)35-16-13-19-37(30-35)51(36-17-5-2-6-18-36)38-23-24-39-43(32-38)52(44-22-9-12-28-50-44)46(41-21-8-11-27-48-41)45(39)40-20-7-10-26-47-40/h1-32H. The summed E-state index contributed by atoms with van der Waals surface area (Å²) < 4.78 is 2.21. The lowest BCUT2D eigenvalue weighted by molar-refractivity contribution is 1.04. The summed E-state index contributed by atoms with van der Waals surface area (Å²) in [6.45, 7) is 0. The van der Waals surface area contributed by atoms with Gasteiger partial charge in [-0.3, -0.25) is 19.5 Å². The summed E-state index contributed by atoms with van der Waals surface area (Å²) in [4.78, 5) is 21.6. The van der Waals surface area contributed by atoms with Gasteiger partial charge in [-0.05, 0) is 96.1 Å². The van der Waals surface area contributed by atoms with Crippen LogP contribution in [-0.4, -0.2) is 24.5 Å². The van der Waals surface area contributed by atoms with Crippen LogP contribution >= 0.6 is 0 Å². The van der Waals surface area contributed by atoms with Crippen LogP contribution in [0.1, 0.15) is 0 Å². The molecule has 4 aromatic carbocycles. The Labute approximate surface area is 302 Å². The zero-order valence-corrected chi connectivity index (χ0v) is 28.2. The van der Waals surface area contributed by atoms with E-state index in [1.54, 1.807) is 0 Å². The Kier molecular flexibility index (Phi) is 8.08. The molecule has 0 fully saturated rings. The summed E-state index contributed by atoms with van der Waals surface area (Å²) in [6.07, 6.45) is 7.38. The molecule has 0 bridgehead atoms. The summed E-state index contributed by atoms with van der Waals surface area (Å²) >= 11 is 0. The van der Waals surface area contributed by atoms with E-state index in [1.165, 1.54) is 0 Å². The van der Waals surface area contributed by atoms with Crippen molar-refractivity contribution in [1.82, 2.24) is 24.5 Å². The minimum Gasteiger partial charge on any atom is -0.310 e. The molecule has 0 unspecified atom stereocenters. The molecule has 9 aromatic rings. The molecule has 6 nitrogen and oxygen atoms in total. The van der Waals surface area contributed by atoms with Gasteiger partial charge < -0.3 is 4.90 Å². The van der Waals surface area contributed by atoms with E-state index >= 15 is 0 Å². The number of aromatic nitrogens is 5. The summed E-state index contributed by atoms with van der Waals surface area (Å²) in [7, 11) is 0. The highest BCUT2D eigenvalue weighted by molar-refractivity contribution is 6.06. The molecule has 0 spiro atoms. The molecule has 0 saturated carbocycles. The first-order valence-electron chi connectivity index (χ1n) is 17.2. The van der Waals surface area contributed by atoms with Crippen LogP contribution in [0.25, 0.3) is 61.8 Å². The van der Waals surface area contributed by atoms with Crippen LogP contribution in [0.15, 0.2) is 195 Å². The minimum absolute atomic E-state index is 0.796. The van der Waals surface area contributed by atoms with Crippen molar-refractivity contribution in [2.75, 3.05) is 4.90 Å². The molecule has 0 atom stereocenters. The zero-order chi connectivity index (χ0) is 34.7. The van der Waals surface area contributed by atoms with E-state index in [0.717, 1.165) is 78.8 Å². The maximum atomic E-state index is 4.85. The Morgan fingerprint density at radius 3 is 1.75 bits per heavy atom. The van der Waals surface area contributed by atoms with Gasteiger partial charge in [0.1, 0.15) is 5.82 Å². The van der Waals surface area contributed by atoms with E-state index in [-0.39, 0.29) is 0 Å². The lowest BCUT2D eigenvalue weighted by Gasteiger charge is -2.26. The molecule has 0 aliphatic heterocycles. The van der Waals surface area contributed by atoms with Gasteiger partial charge in [0, 0.05) is 58.4 Å². The number of hydrogen-bond acceptors (Lipinski definition) is 5. The maximum absolute atomic E-state index is 4.85. The third kappa shape index (κ3) is 5.78. The van der Waals surface area contributed by atoms with Gasteiger partial charge in [0.2, 0.25) is 0 Å². The van der Waals surface area contributed by atoms with Crippen LogP contribution < -0.4 is 4.90 Å². The summed E-state index contributed by atoms with van der Waals surface area (Å²) in [6, 6.07) is 58.4. The predicted octanol–water partition coefficient (Wildman–Crippen LogP) is 11.3. The molecular weight excluding hydrogens is 637 g/mol. The Morgan fingerprint density at radius 1 is 0.385 bits per heavy atom. The lowest BCUT2D eigenvalue weighted by atomic mass is 10.0. The number of anilines is 3. The van der Waals surface area contributed by atoms with Gasteiger partial charge >= 0.3 is 0 Å². The first kappa shape index (κ1) is 30.8. The van der Waals surface area contributed by atoms with Gasteiger partial charge in [0.05, 0.1) is 28.3 Å². The second-order valence-electron chi connectivity index (χ2n) is 12.4. The highest BCUT2D eigenvalue weighted by atomic mass is 15.1. The van der Waals surface area contributed by atoms with Gasteiger partial charge in [-0.15, -0.1) is 0 Å². The molecule has 9 rings (SSSR count). The quantitative estimate of drug-likeness (QED) is 0.161. The Balaban J connectivity index is 1.26. The second kappa shape index (κ2) is 13.6. The zero-order valence-electron chi connectivity index (χ0n) is 28.2. The van der Waals surface area contributed by atoms with E-state index < -0.39 is 0 Å². The first-order chi connectivity index (χ1) is 25.8. The molecule has 6 heteroatoms. The summed E-state index contributed by atoms with van der Waals surface area (Å²) in [5, 5.41) is 1.05. The molecule has 5 heterocycles. The molecule has 52 heavy (non-hydrogen) atoms. The van der Waals surface area contributed by atoms with Gasteiger partial charge in [0.25, 0.3) is 0 Å². The Hall–Kier alpha value is -7.18. The van der Waals surface area contributed by atoms with Crippen LogP contribution in [0.3, 0.4) is 0 Å². The van der Waals surface area contributed by atoms with Crippen LogP contribution in [0, 0.1) is 0 Å². The van der Waals surface area contributed by atoms with E-state index in [1.807, 2.05) is 85.5 Å². The van der Waals surface area contributed by atoms with E-state index in [4.69, 9.17) is 19.9 Å². The third-order valence-electron chi connectivity index (χ3n) is 9.20. The van der Waals surface area contributed by atoms with E-state index in [2.05, 4.69) is 119 Å². The summed E-state index contributed by atoms with van der Waals surface area (Å²) in [5.74, 6) is 0.796. The van der Waals surface area contributed by atoms with Crippen molar-refractivity contribution in [2.24, 2.45) is 0 Å². The van der Waals surface area contributed by atoms with Crippen LogP contribution in [0.4, 0.5) is 17.1 Å². The lowest BCUT2D eigenvalue weighted by Crippen LogP contribution is -2.10.